The summed E-state index contributed by atoms with van der Waals surface area (Å²) in [6, 6.07) is 10.4. The van der Waals surface area contributed by atoms with E-state index in [1.807, 2.05) is 19.1 Å². The smallest absolute Gasteiger partial charge is 0.259 e. The summed E-state index contributed by atoms with van der Waals surface area (Å²) in [6.07, 6.45) is 0. The molecule has 0 aliphatic carbocycles. The van der Waals surface area contributed by atoms with Crippen molar-refractivity contribution in [3.8, 4) is 11.5 Å². The summed E-state index contributed by atoms with van der Waals surface area (Å²) in [7, 11) is 3.11. The number of nitrogen functional groups attached to an aromatic ring is 1. The van der Waals surface area contributed by atoms with Crippen molar-refractivity contribution in [1.82, 2.24) is 0 Å². The topological polar surface area (TPSA) is 73.6 Å². The first-order valence-corrected chi connectivity index (χ1v) is 6.44. The number of hydrogen-bond donors (Lipinski definition) is 2. The van der Waals surface area contributed by atoms with Crippen molar-refractivity contribution in [2.24, 2.45) is 0 Å². The quantitative estimate of drug-likeness (QED) is 0.848. The first kappa shape index (κ1) is 14.7. The Balaban J connectivity index is 2.24. The molecule has 21 heavy (non-hydrogen) atoms. The summed E-state index contributed by atoms with van der Waals surface area (Å²) in [5.41, 5.74) is 8.29. The highest BCUT2D eigenvalue weighted by Gasteiger charge is 2.13. The first-order chi connectivity index (χ1) is 10.0. The monoisotopic (exact) mass is 286 g/mol. The molecule has 5 nitrogen and oxygen atoms in total. The van der Waals surface area contributed by atoms with Gasteiger partial charge in [-0.05, 0) is 42.8 Å². The number of ether oxygens (including phenoxy) is 2. The highest BCUT2D eigenvalue weighted by Crippen LogP contribution is 2.25. The van der Waals surface area contributed by atoms with E-state index in [1.54, 1.807) is 31.4 Å². The number of anilines is 2. The normalized spacial score (nSPS) is 10.0. The maximum atomic E-state index is 12.3. The molecule has 2 aromatic carbocycles. The second kappa shape index (κ2) is 6.17. The van der Waals surface area contributed by atoms with Crippen LogP contribution in [0.1, 0.15) is 15.9 Å². The average Bonchev–Trinajstić information content (AvgIpc) is 2.47. The van der Waals surface area contributed by atoms with Gasteiger partial charge in [-0.1, -0.05) is 0 Å². The Kier molecular flexibility index (Phi) is 4.33. The molecule has 3 N–H and O–H groups in total. The highest BCUT2D eigenvalue weighted by atomic mass is 16.5. The molecule has 0 spiro atoms. The summed E-state index contributed by atoms with van der Waals surface area (Å²) < 4.78 is 10.4. The van der Waals surface area contributed by atoms with Crippen molar-refractivity contribution in [3.05, 3.63) is 47.5 Å². The molecule has 0 saturated carbocycles. The zero-order valence-electron chi connectivity index (χ0n) is 12.3. The minimum absolute atomic E-state index is 0.253. The van der Waals surface area contributed by atoms with Gasteiger partial charge >= 0.3 is 0 Å². The van der Waals surface area contributed by atoms with Crippen LogP contribution in [0.25, 0.3) is 0 Å². The van der Waals surface area contributed by atoms with E-state index in [4.69, 9.17) is 15.2 Å². The van der Waals surface area contributed by atoms with Crippen molar-refractivity contribution < 1.29 is 14.3 Å². The predicted molar refractivity (Wildman–Crippen MR) is 83.1 cm³/mol. The van der Waals surface area contributed by atoms with Crippen LogP contribution in [-0.2, 0) is 0 Å². The van der Waals surface area contributed by atoms with Crippen LogP contribution in [0.2, 0.25) is 0 Å². The molecule has 0 aromatic heterocycles. The molecule has 0 atom stereocenters. The summed E-state index contributed by atoms with van der Waals surface area (Å²) in [5.74, 6) is 0.965. The molecule has 110 valence electrons. The Labute approximate surface area is 123 Å². The molecule has 2 aromatic rings. The number of nitrogens with two attached hydrogens (primary N) is 1. The van der Waals surface area contributed by atoms with Gasteiger partial charge in [-0.3, -0.25) is 4.79 Å². The number of carbonyl (C=O) groups is 1. The predicted octanol–water partition coefficient (Wildman–Crippen LogP) is 2.85. The van der Waals surface area contributed by atoms with Crippen LogP contribution in [-0.4, -0.2) is 20.1 Å². The largest absolute Gasteiger partial charge is 0.496 e. The van der Waals surface area contributed by atoms with Gasteiger partial charge in [0.1, 0.15) is 11.5 Å². The van der Waals surface area contributed by atoms with E-state index in [1.165, 1.54) is 7.11 Å². The van der Waals surface area contributed by atoms with Crippen molar-refractivity contribution >= 4 is 17.3 Å². The number of hydrogen-bond acceptors (Lipinski definition) is 4. The van der Waals surface area contributed by atoms with Gasteiger partial charge in [0.15, 0.2) is 0 Å². The van der Waals surface area contributed by atoms with E-state index in [0.29, 0.717) is 22.7 Å². The minimum atomic E-state index is -0.253. The molecule has 0 saturated heterocycles. The van der Waals surface area contributed by atoms with Crippen LogP contribution >= 0.6 is 0 Å². The third kappa shape index (κ3) is 3.25. The standard InChI is InChI=1S/C16H18N2O3/c1-10-8-12(5-7-14(10)20-2)18-16(19)13-6-4-11(17)9-15(13)21-3/h4-9H,17H2,1-3H3,(H,18,19). The fourth-order valence-electron chi connectivity index (χ4n) is 2.05. The Morgan fingerprint density at radius 1 is 1.05 bits per heavy atom. The molecule has 0 fully saturated rings. The Morgan fingerprint density at radius 2 is 1.76 bits per heavy atom. The number of nitrogens with one attached hydrogen (secondary N) is 1. The molecule has 5 heteroatoms. The number of aryl methyl sites for hydroxylation is 1. The van der Waals surface area contributed by atoms with Crippen LogP contribution in [0, 0.1) is 6.92 Å². The van der Waals surface area contributed by atoms with Crippen LogP contribution in [0.4, 0.5) is 11.4 Å². The lowest BCUT2D eigenvalue weighted by Crippen LogP contribution is -2.13. The van der Waals surface area contributed by atoms with Gasteiger partial charge in [-0.25, -0.2) is 0 Å². The Hall–Kier alpha value is -2.69. The lowest BCUT2D eigenvalue weighted by atomic mass is 10.1. The van der Waals surface area contributed by atoms with E-state index < -0.39 is 0 Å². The molecule has 0 unspecified atom stereocenters. The number of carbonyl (C=O) groups excluding carboxylic acids is 1. The third-order valence-electron chi connectivity index (χ3n) is 3.12. The molecule has 0 heterocycles. The number of amides is 1. The number of rotatable bonds is 4. The summed E-state index contributed by atoms with van der Waals surface area (Å²) in [4.78, 5) is 12.3. The van der Waals surface area contributed by atoms with Crippen LogP contribution in [0.3, 0.4) is 0 Å². The Morgan fingerprint density at radius 3 is 2.38 bits per heavy atom. The Bertz CT molecular complexity index is 669. The second-order valence-electron chi connectivity index (χ2n) is 4.60. The van der Waals surface area contributed by atoms with Crippen molar-refractivity contribution in [3.63, 3.8) is 0 Å². The fourth-order valence-corrected chi connectivity index (χ4v) is 2.05. The fraction of sp³-hybridized carbons (Fsp3) is 0.188. The maximum Gasteiger partial charge on any atom is 0.259 e. The van der Waals surface area contributed by atoms with Gasteiger partial charge in [-0.2, -0.15) is 0 Å². The second-order valence-corrected chi connectivity index (χ2v) is 4.60. The molecule has 0 aliphatic rings. The van der Waals surface area contributed by atoms with E-state index in [9.17, 15) is 4.79 Å². The van der Waals surface area contributed by atoms with Gasteiger partial charge < -0.3 is 20.5 Å². The van der Waals surface area contributed by atoms with Gasteiger partial charge in [0.2, 0.25) is 0 Å². The van der Waals surface area contributed by atoms with Crippen LogP contribution in [0.15, 0.2) is 36.4 Å². The van der Waals surface area contributed by atoms with Crippen molar-refractivity contribution in [2.45, 2.75) is 6.92 Å². The number of methoxy groups -OCH3 is 2. The third-order valence-corrected chi connectivity index (χ3v) is 3.12. The zero-order valence-corrected chi connectivity index (χ0v) is 12.3. The summed E-state index contributed by atoms with van der Waals surface area (Å²) in [5, 5.41) is 2.83. The molecular formula is C16H18N2O3. The van der Waals surface area contributed by atoms with Crippen LogP contribution < -0.4 is 20.5 Å². The lowest BCUT2D eigenvalue weighted by molar-refractivity contribution is 0.102. The molecule has 0 radical (unpaired) electrons. The SMILES string of the molecule is COc1ccc(NC(=O)c2ccc(N)cc2OC)cc1C. The van der Waals surface area contributed by atoms with Crippen molar-refractivity contribution in [1.29, 1.82) is 0 Å². The highest BCUT2D eigenvalue weighted by molar-refractivity contribution is 6.06. The molecule has 0 aliphatic heterocycles. The lowest BCUT2D eigenvalue weighted by Gasteiger charge is -2.11. The molecule has 2 rings (SSSR count). The number of benzene rings is 2. The molecule has 0 bridgehead atoms. The van der Waals surface area contributed by atoms with Crippen molar-refractivity contribution in [2.75, 3.05) is 25.3 Å². The van der Waals surface area contributed by atoms with E-state index in [0.717, 1.165) is 11.3 Å². The molecular weight excluding hydrogens is 268 g/mol. The van der Waals surface area contributed by atoms with E-state index >= 15 is 0 Å². The average molecular weight is 286 g/mol. The summed E-state index contributed by atoms with van der Waals surface area (Å²) in [6.45, 7) is 1.91. The first-order valence-electron chi connectivity index (χ1n) is 6.44. The molecule has 1 amide bonds. The van der Waals surface area contributed by atoms with E-state index in [-0.39, 0.29) is 5.91 Å². The van der Waals surface area contributed by atoms with Gasteiger partial charge in [0.25, 0.3) is 5.91 Å². The van der Waals surface area contributed by atoms with E-state index in [2.05, 4.69) is 5.32 Å². The van der Waals surface area contributed by atoms with Gasteiger partial charge in [0, 0.05) is 17.4 Å². The minimum Gasteiger partial charge on any atom is -0.496 e. The summed E-state index contributed by atoms with van der Waals surface area (Å²) >= 11 is 0. The van der Waals surface area contributed by atoms with Gasteiger partial charge in [-0.15, -0.1) is 0 Å². The van der Waals surface area contributed by atoms with Crippen LogP contribution in [0.5, 0.6) is 11.5 Å². The van der Waals surface area contributed by atoms with Gasteiger partial charge in [0.05, 0.1) is 19.8 Å². The maximum absolute atomic E-state index is 12.3. The zero-order chi connectivity index (χ0) is 15.4.